The van der Waals surface area contributed by atoms with Crippen LogP contribution in [0.3, 0.4) is 0 Å². The summed E-state index contributed by atoms with van der Waals surface area (Å²) in [5, 5.41) is 0. The van der Waals surface area contributed by atoms with Crippen LogP contribution in [0.1, 0.15) is 52.7 Å². The fourth-order valence-electron chi connectivity index (χ4n) is 4.31. The van der Waals surface area contributed by atoms with Crippen LogP contribution < -0.4 is 5.56 Å². The van der Waals surface area contributed by atoms with Crippen molar-refractivity contribution in [3.8, 4) is 0 Å². The van der Waals surface area contributed by atoms with Crippen molar-refractivity contribution in [1.82, 2.24) is 19.8 Å². The number of carbonyl (C=O) groups excluding carboxylic acids is 2. The number of aromatic nitrogens is 2. The SMILES string of the molecule is COCC(=O)N1CCc2nc([C@H]3CCCCN3C(=O)c3cccc(F)c3F)[nH]c(=O)c2C1. The van der Waals surface area contributed by atoms with Crippen molar-refractivity contribution in [3.63, 3.8) is 0 Å². The van der Waals surface area contributed by atoms with Gasteiger partial charge in [-0.05, 0) is 31.4 Å². The molecule has 2 aliphatic rings. The first-order chi connectivity index (χ1) is 15.4. The molecule has 8 nitrogen and oxygen atoms in total. The highest BCUT2D eigenvalue weighted by Gasteiger charge is 2.33. The molecule has 2 aromatic rings. The van der Waals surface area contributed by atoms with Crippen LogP contribution in [0.25, 0.3) is 0 Å². The number of methoxy groups -OCH3 is 1. The highest BCUT2D eigenvalue weighted by Crippen LogP contribution is 2.31. The molecule has 1 aromatic heterocycles. The first-order valence-electron chi connectivity index (χ1n) is 10.5. The third-order valence-corrected chi connectivity index (χ3v) is 5.97. The maximum atomic E-state index is 14.2. The van der Waals surface area contributed by atoms with E-state index in [9.17, 15) is 23.2 Å². The number of likely N-dealkylation sites (tertiary alicyclic amines) is 1. The van der Waals surface area contributed by atoms with Crippen LogP contribution in [-0.2, 0) is 22.5 Å². The van der Waals surface area contributed by atoms with E-state index < -0.39 is 23.6 Å². The van der Waals surface area contributed by atoms with Crippen LogP contribution in [0.5, 0.6) is 0 Å². The minimum absolute atomic E-state index is 0.0610. The lowest BCUT2D eigenvalue weighted by Crippen LogP contribution is -2.43. The fraction of sp³-hybridized carbons (Fsp3) is 0.455. The summed E-state index contributed by atoms with van der Waals surface area (Å²) in [6.45, 7) is 0.836. The summed E-state index contributed by atoms with van der Waals surface area (Å²) in [5.74, 6) is -2.78. The summed E-state index contributed by atoms with van der Waals surface area (Å²) in [6.07, 6.45) is 2.47. The van der Waals surface area contributed by atoms with Gasteiger partial charge in [0.15, 0.2) is 11.6 Å². The molecule has 0 aliphatic carbocycles. The topological polar surface area (TPSA) is 95.6 Å². The van der Waals surface area contributed by atoms with Gasteiger partial charge in [-0.2, -0.15) is 0 Å². The first-order valence-corrected chi connectivity index (χ1v) is 10.5. The molecule has 1 aromatic carbocycles. The van der Waals surface area contributed by atoms with Gasteiger partial charge in [-0.25, -0.2) is 13.8 Å². The van der Waals surface area contributed by atoms with Crippen LogP contribution in [0.15, 0.2) is 23.0 Å². The Morgan fingerprint density at radius 3 is 2.84 bits per heavy atom. The van der Waals surface area contributed by atoms with E-state index in [4.69, 9.17) is 4.74 Å². The van der Waals surface area contributed by atoms with Crippen LogP contribution in [0.4, 0.5) is 8.78 Å². The standard InChI is InChI=1S/C22H24F2N4O4/c1-32-12-18(29)27-10-8-16-14(11-27)21(30)26-20(25-16)17-7-2-3-9-28(17)22(31)13-5-4-6-15(23)19(13)24/h4-6,17H,2-3,7-12H2,1H3,(H,25,26,30)/t17-/m1/s1. The van der Waals surface area contributed by atoms with E-state index in [0.717, 1.165) is 12.5 Å². The predicted octanol–water partition coefficient (Wildman–Crippen LogP) is 1.95. The number of ether oxygens (including phenoxy) is 1. The Hall–Kier alpha value is -3.14. The second-order valence-electron chi connectivity index (χ2n) is 7.99. The maximum absolute atomic E-state index is 14.2. The van der Waals surface area contributed by atoms with E-state index in [1.54, 1.807) is 4.90 Å². The number of hydrogen-bond donors (Lipinski definition) is 1. The average molecular weight is 446 g/mol. The number of fused-ring (bicyclic) bond motifs is 1. The molecule has 0 bridgehead atoms. The Bertz CT molecular complexity index is 1100. The van der Waals surface area contributed by atoms with Crippen LogP contribution in [-0.4, -0.2) is 58.4 Å². The number of halogens is 2. The van der Waals surface area contributed by atoms with Crippen LogP contribution in [0, 0.1) is 11.6 Å². The molecule has 1 saturated heterocycles. The Balaban J connectivity index is 1.63. The van der Waals surface area contributed by atoms with Gasteiger partial charge in [-0.3, -0.25) is 14.4 Å². The fourth-order valence-corrected chi connectivity index (χ4v) is 4.31. The quantitative estimate of drug-likeness (QED) is 0.775. The lowest BCUT2D eigenvalue weighted by atomic mass is 9.99. The molecule has 2 amide bonds. The largest absolute Gasteiger partial charge is 0.375 e. The molecule has 32 heavy (non-hydrogen) atoms. The number of piperidine rings is 1. The maximum Gasteiger partial charge on any atom is 0.257 e. The van der Waals surface area contributed by atoms with Crippen molar-refractivity contribution in [2.24, 2.45) is 0 Å². The number of aromatic amines is 1. The number of amides is 2. The number of H-pyrrole nitrogens is 1. The molecular formula is C22H24F2N4O4. The zero-order valence-corrected chi connectivity index (χ0v) is 17.7. The van der Waals surface area contributed by atoms with E-state index in [1.807, 2.05) is 0 Å². The molecule has 4 rings (SSSR count). The van der Waals surface area contributed by atoms with Gasteiger partial charge in [-0.15, -0.1) is 0 Å². The molecule has 0 spiro atoms. The minimum Gasteiger partial charge on any atom is -0.375 e. The molecule has 3 heterocycles. The third kappa shape index (κ3) is 4.14. The Morgan fingerprint density at radius 2 is 2.06 bits per heavy atom. The Morgan fingerprint density at radius 1 is 1.25 bits per heavy atom. The molecule has 0 saturated carbocycles. The smallest absolute Gasteiger partial charge is 0.257 e. The predicted molar refractivity (Wildman–Crippen MR) is 110 cm³/mol. The molecule has 0 unspecified atom stereocenters. The number of hydrogen-bond acceptors (Lipinski definition) is 5. The van der Waals surface area contributed by atoms with E-state index in [2.05, 4.69) is 9.97 Å². The first kappa shape index (κ1) is 22.1. The van der Waals surface area contributed by atoms with Gasteiger partial charge in [-0.1, -0.05) is 6.07 Å². The van der Waals surface area contributed by atoms with Crippen molar-refractivity contribution >= 4 is 11.8 Å². The number of benzene rings is 1. The van der Waals surface area contributed by atoms with Crippen molar-refractivity contribution in [3.05, 3.63) is 62.8 Å². The zero-order valence-electron chi connectivity index (χ0n) is 17.7. The number of carbonyl (C=O) groups is 2. The summed E-state index contributed by atoms with van der Waals surface area (Å²) in [4.78, 5) is 48.4. The van der Waals surface area contributed by atoms with Crippen LogP contribution >= 0.6 is 0 Å². The summed E-state index contributed by atoms with van der Waals surface area (Å²) in [5.41, 5.74) is 0.286. The second-order valence-corrected chi connectivity index (χ2v) is 7.99. The van der Waals surface area contributed by atoms with Crippen LogP contribution in [0.2, 0.25) is 0 Å². The van der Waals surface area contributed by atoms with E-state index in [0.29, 0.717) is 49.4 Å². The Kier molecular flexibility index (Phi) is 6.31. The molecular weight excluding hydrogens is 422 g/mol. The van der Waals surface area contributed by atoms with Gasteiger partial charge in [0.2, 0.25) is 5.91 Å². The zero-order chi connectivity index (χ0) is 22.8. The molecule has 170 valence electrons. The van der Waals surface area contributed by atoms with Crippen molar-refractivity contribution in [2.75, 3.05) is 26.8 Å². The highest BCUT2D eigenvalue weighted by atomic mass is 19.2. The number of nitrogens with zero attached hydrogens (tertiary/aromatic N) is 3. The lowest BCUT2D eigenvalue weighted by Gasteiger charge is -2.36. The van der Waals surface area contributed by atoms with Gasteiger partial charge < -0.3 is 19.5 Å². The van der Waals surface area contributed by atoms with E-state index in [-0.39, 0.29) is 30.2 Å². The van der Waals surface area contributed by atoms with Gasteiger partial charge in [0.05, 0.1) is 29.4 Å². The number of rotatable bonds is 4. The normalized spacial score (nSPS) is 18.4. The lowest BCUT2D eigenvalue weighted by molar-refractivity contribution is -0.136. The highest BCUT2D eigenvalue weighted by molar-refractivity contribution is 5.94. The number of nitrogens with one attached hydrogen (secondary N) is 1. The van der Waals surface area contributed by atoms with Gasteiger partial charge in [0.25, 0.3) is 11.5 Å². The molecule has 1 atom stereocenters. The Labute approximate surface area is 183 Å². The van der Waals surface area contributed by atoms with Crippen molar-refractivity contribution in [1.29, 1.82) is 0 Å². The molecule has 1 fully saturated rings. The van der Waals surface area contributed by atoms with Gasteiger partial charge in [0, 0.05) is 26.6 Å². The molecule has 0 radical (unpaired) electrons. The summed E-state index contributed by atoms with van der Waals surface area (Å²) >= 11 is 0. The minimum atomic E-state index is -1.19. The molecule has 2 aliphatic heterocycles. The monoisotopic (exact) mass is 446 g/mol. The third-order valence-electron chi connectivity index (χ3n) is 5.97. The van der Waals surface area contributed by atoms with Gasteiger partial charge in [0.1, 0.15) is 12.4 Å². The van der Waals surface area contributed by atoms with E-state index >= 15 is 0 Å². The summed E-state index contributed by atoms with van der Waals surface area (Å²) in [7, 11) is 1.43. The molecule has 1 N–H and O–H groups in total. The second kappa shape index (κ2) is 9.15. The van der Waals surface area contributed by atoms with Crippen molar-refractivity contribution in [2.45, 2.75) is 38.3 Å². The van der Waals surface area contributed by atoms with Gasteiger partial charge >= 0.3 is 0 Å². The summed E-state index contributed by atoms with van der Waals surface area (Å²) < 4.78 is 32.8. The average Bonchev–Trinajstić information content (AvgIpc) is 2.80. The van der Waals surface area contributed by atoms with Crippen molar-refractivity contribution < 1.29 is 23.1 Å². The summed E-state index contributed by atoms with van der Waals surface area (Å²) in [6, 6.07) is 2.95. The molecule has 10 heteroatoms. The van der Waals surface area contributed by atoms with E-state index in [1.165, 1.54) is 24.1 Å².